The van der Waals surface area contributed by atoms with Crippen LogP contribution >= 0.6 is 0 Å². The number of rotatable bonds is 23. The van der Waals surface area contributed by atoms with E-state index in [1.165, 1.54) is 25.7 Å². The van der Waals surface area contributed by atoms with Gasteiger partial charge in [-0.3, -0.25) is 0 Å². The molecule has 0 aliphatic carbocycles. The first-order valence-corrected chi connectivity index (χ1v) is 15.1. The Bertz CT molecular complexity index is 645. The molecule has 0 heterocycles. The van der Waals surface area contributed by atoms with Crippen molar-refractivity contribution in [2.45, 2.75) is 125 Å². The third kappa shape index (κ3) is 11.1. The molecule has 0 saturated heterocycles. The van der Waals surface area contributed by atoms with Crippen LogP contribution in [0.4, 0.5) is 4.39 Å². The normalized spacial score (nSPS) is 12.6. The van der Waals surface area contributed by atoms with Crippen molar-refractivity contribution >= 4 is 7.32 Å². The molecule has 0 fully saturated rings. The number of halogens is 1. The van der Waals surface area contributed by atoms with Crippen LogP contribution in [-0.2, 0) is 9.31 Å². The van der Waals surface area contributed by atoms with Crippen molar-refractivity contribution in [1.29, 1.82) is 0 Å². The average molecular weight is 509 g/mol. The molecule has 4 nitrogen and oxygen atoms in total. The van der Waals surface area contributed by atoms with E-state index in [2.05, 4.69) is 41.5 Å². The minimum atomic E-state index is -0.876. The van der Waals surface area contributed by atoms with Crippen molar-refractivity contribution in [3.8, 4) is 5.75 Å². The van der Waals surface area contributed by atoms with Gasteiger partial charge >= 0.3 is 7.32 Å². The summed E-state index contributed by atoms with van der Waals surface area (Å²) in [7, 11) is -0.876. The molecule has 0 bridgehead atoms. The quantitative estimate of drug-likeness (QED) is 0.0839. The van der Waals surface area contributed by atoms with Gasteiger partial charge in [0, 0.05) is 25.2 Å². The second-order valence-electron chi connectivity index (χ2n) is 10.2. The van der Waals surface area contributed by atoms with Crippen molar-refractivity contribution in [3.05, 3.63) is 29.6 Å². The Labute approximate surface area is 223 Å². The zero-order chi connectivity index (χ0) is 26.7. The van der Waals surface area contributed by atoms with E-state index < -0.39 is 7.32 Å². The van der Waals surface area contributed by atoms with E-state index in [9.17, 15) is 0 Å². The Morgan fingerprint density at radius 1 is 0.722 bits per heavy atom. The fourth-order valence-corrected chi connectivity index (χ4v) is 5.55. The fraction of sp³-hybridized carbons (Fsp3) is 0.800. The van der Waals surface area contributed by atoms with Gasteiger partial charge in [-0.1, -0.05) is 86.1 Å². The van der Waals surface area contributed by atoms with Crippen LogP contribution in [0.15, 0.2) is 18.2 Å². The van der Waals surface area contributed by atoms with Gasteiger partial charge in [0.25, 0.3) is 0 Å². The molecular formula is C30H56BFNO3+. The highest BCUT2D eigenvalue weighted by atomic mass is 19.1. The zero-order valence-electron chi connectivity index (χ0n) is 24.5. The first kappa shape index (κ1) is 32.9. The molecule has 208 valence electrons. The second-order valence-corrected chi connectivity index (χ2v) is 10.2. The van der Waals surface area contributed by atoms with Crippen LogP contribution in [0.5, 0.6) is 5.75 Å². The highest BCUT2D eigenvalue weighted by Crippen LogP contribution is 2.37. The van der Waals surface area contributed by atoms with E-state index in [0.717, 1.165) is 81.0 Å². The molecule has 6 heteroatoms. The van der Waals surface area contributed by atoms with E-state index >= 15 is 4.39 Å². The van der Waals surface area contributed by atoms with Crippen LogP contribution in [0.3, 0.4) is 0 Å². The Morgan fingerprint density at radius 3 is 1.69 bits per heavy atom. The molecule has 0 amide bonds. The van der Waals surface area contributed by atoms with Crippen LogP contribution in [-0.4, -0.2) is 44.7 Å². The molecule has 1 atom stereocenters. The zero-order valence-corrected chi connectivity index (χ0v) is 24.5. The number of nitrogens with zero attached hydrogens (tertiary/aromatic N) is 1. The third-order valence-electron chi connectivity index (χ3n) is 7.13. The summed E-state index contributed by atoms with van der Waals surface area (Å²) in [5, 5.41) is 0. The number of benzene rings is 1. The monoisotopic (exact) mass is 508 g/mol. The summed E-state index contributed by atoms with van der Waals surface area (Å²) in [5.41, 5.74) is 0.759. The van der Waals surface area contributed by atoms with E-state index in [0.29, 0.717) is 13.2 Å². The number of hydrogen-bond donors (Lipinski definition) is 0. The lowest BCUT2D eigenvalue weighted by molar-refractivity contribution is -0.957. The predicted octanol–water partition coefficient (Wildman–Crippen LogP) is 8.88. The van der Waals surface area contributed by atoms with Crippen LogP contribution in [0.2, 0.25) is 0 Å². The van der Waals surface area contributed by atoms with E-state index in [1.807, 2.05) is 12.1 Å². The third-order valence-corrected chi connectivity index (χ3v) is 7.13. The van der Waals surface area contributed by atoms with Crippen LogP contribution in [0.25, 0.3) is 0 Å². The smallest absolute Gasteiger partial charge is 0.509 e. The lowest BCUT2D eigenvalue weighted by Crippen LogP contribution is -2.52. The lowest BCUT2D eigenvalue weighted by Gasteiger charge is -2.45. The van der Waals surface area contributed by atoms with Gasteiger partial charge in [0.05, 0.1) is 19.6 Å². The van der Waals surface area contributed by atoms with Gasteiger partial charge in [0.1, 0.15) is 11.8 Å². The van der Waals surface area contributed by atoms with Gasteiger partial charge in [-0.25, -0.2) is 4.39 Å². The summed E-state index contributed by atoms with van der Waals surface area (Å²) in [6.07, 6.45) is 13.1. The molecule has 1 rings (SSSR count). The van der Waals surface area contributed by atoms with Crippen molar-refractivity contribution < 1.29 is 22.8 Å². The molecule has 1 unspecified atom stereocenters. The average Bonchev–Trinajstić information content (AvgIpc) is 2.86. The largest absolute Gasteiger partial charge is 0.713 e. The molecular weight excluding hydrogens is 452 g/mol. The standard InChI is InChI=1S/C30H56BFNO3/c1-7-13-15-17-25-34-31(35-26-18-16-14-8-2)36-29-21-19-20-27(30(29)32)28(12-6)33(22-9-3,23-10-4)24-11-5/h19-21,28H,7-18,22-26H2,1-6H3/q+1. The summed E-state index contributed by atoms with van der Waals surface area (Å²) in [4.78, 5) is 0. The molecule has 1 aromatic carbocycles. The summed E-state index contributed by atoms with van der Waals surface area (Å²) in [6.45, 7) is 17.6. The molecule has 0 aliphatic heterocycles. The van der Waals surface area contributed by atoms with Gasteiger partial charge in [-0.15, -0.1) is 0 Å². The van der Waals surface area contributed by atoms with Gasteiger partial charge in [-0.05, 0) is 44.2 Å². The molecule has 0 aromatic heterocycles. The van der Waals surface area contributed by atoms with Crippen molar-refractivity contribution in [3.63, 3.8) is 0 Å². The van der Waals surface area contributed by atoms with Crippen LogP contribution in [0, 0.1) is 5.82 Å². The maximum Gasteiger partial charge on any atom is 0.713 e. The predicted molar refractivity (Wildman–Crippen MR) is 152 cm³/mol. The Hall–Kier alpha value is -1.11. The SMILES string of the molecule is CCCCCCOB(OCCCCCC)Oc1cccc(C(CC)[N+](CCC)(CCC)CCC)c1F. The lowest BCUT2D eigenvalue weighted by atomic mass is 9.96. The van der Waals surface area contributed by atoms with Gasteiger partial charge in [0.2, 0.25) is 0 Å². The Morgan fingerprint density at radius 2 is 1.25 bits per heavy atom. The fourth-order valence-electron chi connectivity index (χ4n) is 5.55. The van der Waals surface area contributed by atoms with Crippen LogP contribution < -0.4 is 4.65 Å². The molecule has 0 aliphatic rings. The van der Waals surface area contributed by atoms with Crippen molar-refractivity contribution in [1.82, 2.24) is 0 Å². The molecule has 36 heavy (non-hydrogen) atoms. The highest BCUT2D eigenvalue weighted by molar-refractivity contribution is 6.37. The van der Waals surface area contributed by atoms with Gasteiger partial charge in [0.15, 0.2) is 5.82 Å². The van der Waals surface area contributed by atoms with Gasteiger partial charge < -0.3 is 18.4 Å². The maximum atomic E-state index is 16.1. The molecule has 0 radical (unpaired) electrons. The Kier molecular flexibility index (Phi) is 18.2. The molecule has 0 spiro atoms. The van der Waals surface area contributed by atoms with Crippen molar-refractivity contribution in [2.24, 2.45) is 0 Å². The molecule has 1 aromatic rings. The highest BCUT2D eigenvalue weighted by Gasteiger charge is 2.37. The van der Waals surface area contributed by atoms with E-state index in [1.54, 1.807) is 6.07 Å². The molecule has 0 saturated carbocycles. The molecule has 0 N–H and O–H groups in total. The minimum absolute atomic E-state index is 0.108. The van der Waals surface area contributed by atoms with Gasteiger partial charge in [-0.2, -0.15) is 0 Å². The van der Waals surface area contributed by atoms with Crippen molar-refractivity contribution in [2.75, 3.05) is 32.8 Å². The Balaban J connectivity index is 3.11. The summed E-state index contributed by atoms with van der Waals surface area (Å²) in [6, 6.07) is 5.70. The first-order chi connectivity index (χ1) is 17.5. The minimum Gasteiger partial charge on any atom is -0.509 e. The van der Waals surface area contributed by atoms with E-state index in [-0.39, 0.29) is 17.6 Å². The first-order valence-electron chi connectivity index (χ1n) is 15.1. The second kappa shape index (κ2) is 19.9. The summed E-state index contributed by atoms with van der Waals surface area (Å²) in [5.74, 6) is -0.0232. The number of unbranched alkanes of at least 4 members (excludes halogenated alkanes) is 6. The summed E-state index contributed by atoms with van der Waals surface area (Å²) < 4.78 is 34.9. The van der Waals surface area contributed by atoms with Crippen LogP contribution in [0.1, 0.15) is 130 Å². The summed E-state index contributed by atoms with van der Waals surface area (Å²) >= 11 is 0. The number of hydrogen-bond acceptors (Lipinski definition) is 3. The maximum absolute atomic E-state index is 16.1. The topological polar surface area (TPSA) is 27.7 Å². The number of quaternary nitrogens is 1. The van der Waals surface area contributed by atoms with E-state index in [4.69, 9.17) is 14.0 Å².